The Balaban J connectivity index is 2.30. The zero-order valence-corrected chi connectivity index (χ0v) is 8.97. The van der Waals surface area contributed by atoms with Crippen molar-refractivity contribution in [2.24, 2.45) is 0 Å². The van der Waals surface area contributed by atoms with Crippen LogP contribution < -0.4 is 0 Å². The van der Waals surface area contributed by atoms with Gasteiger partial charge in [-0.15, -0.1) is 6.58 Å². The largest absolute Gasteiger partial charge is 0.300 e. The highest BCUT2D eigenvalue weighted by Gasteiger charge is 2.19. The minimum atomic E-state index is 0.838. The van der Waals surface area contributed by atoms with Crippen molar-refractivity contribution in [3.63, 3.8) is 0 Å². The molecule has 1 heteroatoms. The molecule has 1 aliphatic rings. The predicted molar refractivity (Wildman–Crippen MR) is 58.9 cm³/mol. The number of rotatable bonds is 6. The van der Waals surface area contributed by atoms with Gasteiger partial charge < -0.3 is 4.90 Å². The van der Waals surface area contributed by atoms with E-state index in [1.54, 1.807) is 0 Å². The third-order valence-electron chi connectivity index (χ3n) is 2.98. The van der Waals surface area contributed by atoms with Crippen molar-refractivity contribution in [3.05, 3.63) is 12.7 Å². The molecule has 1 unspecified atom stereocenters. The van der Waals surface area contributed by atoms with Crippen molar-refractivity contribution in [2.75, 3.05) is 13.1 Å². The highest BCUT2D eigenvalue weighted by molar-refractivity contribution is 4.79. The molecular weight excluding hydrogens is 158 g/mol. The number of hydrogen-bond donors (Lipinski definition) is 0. The molecule has 0 amide bonds. The molecule has 13 heavy (non-hydrogen) atoms. The first-order valence-electron chi connectivity index (χ1n) is 5.73. The lowest BCUT2D eigenvalue weighted by molar-refractivity contribution is 0.218. The SMILES string of the molecule is C=CCCC(CCC)N1CCCC1. The molecule has 0 bridgehead atoms. The van der Waals surface area contributed by atoms with Crippen LogP contribution in [0.5, 0.6) is 0 Å². The van der Waals surface area contributed by atoms with Crippen molar-refractivity contribution in [2.45, 2.75) is 51.5 Å². The lowest BCUT2D eigenvalue weighted by Crippen LogP contribution is -2.32. The van der Waals surface area contributed by atoms with E-state index in [0.29, 0.717) is 0 Å². The van der Waals surface area contributed by atoms with Crippen LogP contribution in [0.2, 0.25) is 0 Å². The van der Waals surface area contributed by atoms with Crippen LogP contribution in [0.25, 0.3) is 0 Å². The number of allylic oxidation sites excluding steroid dienone is 1. The predicted octanol–water partition coefficient (Wildman–Crippen LogP) is 3.22. The van der Waals surface area contributed by atoms with Gasteiger partial charge in [-0.3, -0.25) is 0 Å². The lowest BCUT2D eigenvalue weighted by atomic mass is 10.1. The first kappa shape index (κ1) is 10.8. The number of hydrogen-bond acceptors (Lipinski definition) is 1. The summed E-state index contributed by atoms with van der Waals surface area (Å²) in [4.78, 5) is 2.67. The van der Waals surface area contributed by atoms with E-state index in [0.717, 1.165) is 6.04 Å². The first-order chi connectivity index (χ1) is 6.38. The maximum Gasteiger partial charge on any atom is 0.00981 e. The monoisotopic (exact) mass is 181 g/mol. The third kappa shape index (κ3) is 3.51. The van der Waals surface area contributed by atoms with Gasteiger partial charge in [0.2, 0.25) is 0 Å². The molecule has 76 valence electrons. The molecule has 0 aromatic rings. The summed E-state index contributed by atoms with van der Waals surface area (Å²) in [5.74, 6) is 0. The van der Waals surface area contributed by atoms with Crippen LogP contribution in [0.15, 0.2) is 12.7 Å². The Morgan fingerprint density at radius 1 is 1.31 bits per heavy atom. The fraction of sp³-hybridized carbons (Fsp3) is 0.833. The Morgan fingerprint density at radius 3 is 2.54 bits per heavy atom. The van der Waals surface area contributed by atoms with Crippen LogP contribution >= 0.6 is 0 Å². The van der Waals surface area contributed by atoms with Gasteiger partial charge in [-0.25, -0.2) is 0 Å². The molecule has 0 N–H and O–H groups in total. The summed E-state index contributed by atoms with van der Waals surface area (Å²) in [5.41, 5.74) is 0. The average molecular weight is 181 g/mol. The number of nitrogens with zero attached hydrogens (tertiary/aromatic N) is 1. The summed E-state index contributed by atoms with van der Waals surface area (Å²) in [7, 11) is 0. The fourth-order valence-corrected chi connectivity index (χ4v) is 2.26. The van der Waals surface area contributed by atoms with E-state index in [9.17, 15) is 0 Å². The van der Waals surface area contributed by atoms with Crippen LogP contribution in [0.4, 0.5) is 0 Å². The molecule has 1 nitrogen and oxygen atoms in total. The van der Waals surface area contributed by atoms with E-state index in [1.165, 1.54) is 51.6 Å². The van der Waals surface area contributed by atoms with Crippen LogP contribution in [-0.4, -0.2) is 24.0 Å². The molecule has 1 saturated heterocycles. The molecular formula is C12H23N. The minimum Gasteiger partial charge on any atom is -0.300 e. The summed E-state index contributed by atoms with van der Waals surface area (Å²) >= 11 is 0. The topological polar surface area (TPSA) is 3.24 Å². The van der Waals surface area contributed by atoms with Crippen LogP contribution in [0.3, 0.4) is 0 Å². The first-order valence-corrected chi connectivity index (χ1v) is 5.73. The van der Waals surface area contributed by atoms with Crippen LogP contribution in [0, 0.1) is 0 Å². The maximum atomic E-state index is 3.80. The Kier molecular flexibility index (Phi) is 5.14. The molecule has 0 aromatic carbocycles. The molecule has 0 spiro atoms. The fourth-order valence-electron chi connectivity index (χ4n) is 2.26. The second-order valence-electron chi connectivity index (χ2n) is 4.05. The van der Waals surface area contributed by atoms with Gasteiger partial charge in [0.1, 0.15) is 0 Å². The Hall–Kier alpha value is -0.300. The van der Waals surface area contributed by atoms with Crippen molar-refractivity contribution in [1.82, 2.24) is 4.90 Å². The highest BCUT2D eigenvalue weighted by atomic mass is 15.2. The molecule has 1 heterocycles. The molecule has 0 radical (unpaired) electrons. The van der Waals surface area contributed by atoms with E-state index in [1.807, 2.05) is 0 Å². The number of likely N-dealkylation sites (tertiary alicyclic amines) is 1. The quantitative estimate of drug-likeness (QED) is 0.569. The Morgan fingerprint density at radius 2 is 2.00 bits per heavy atom. The Labute approximate surface area is 82.8 Å². The highest BCUT2D eigenvalue weighted by Crippen LogP contribution is 2.19. The van der Waals surface area contributed by atoms with Gasteiger partial charge in [0, 0.05) is 6.04 Å². The molecule has 1 rings (SSSR count). The van der Waals surface area contributed by atoms with Crippen LogP contribution in [-0.2, 0) is 0 Å². The molecule has 0 saturated carbocycles. The molecule has 1 fully saturated rings. The summed E-state index contributed by atoms with van der Waals surface area (Å²) in [5, 5.41) is 0. The van der Waals surface area contributed by atoms with Crippen molar-refractivity contribution in [3.8, 4) is 0 Å². The van der Waals surface area contributed by atoms with Gasteiger partial charge in [-0.1, -0.05) is 19.4 Å². The molecule has 1 atom stereocenters. The third-order valence-corrected chi connectivity index (χ3v) is 2.98. The van der Waals surface area contributed by atoms with Gasteiger partial charge in [0.15, 0.2) is 0 Å². The zero-order chi connectivity index (χ0) is 9.52. The second-order valence-corrected chi connectivity index (χ2v) is 4.05. The second kappa shape index (κ2) is 6.20. The average Bonchev–Trinajstić information content (AvgIpc) is 2.65. The van der Waals surface area contributed by atoms with Gasteiger partial charge >= 0.3 is 0 Å². The van der Waals surface area contributed by atoms with E-state index < -0.39 is 0 Å². The standard InChI is InChI=1S/C12H23N/c1-3-5-9-12(8-4-2)13-10-6-7-11-13/h3,12H,1,4-11H2,2H3. The summed E-state index contributed by atoms with van der Waals surface area (Å²) in [6.07, 6.45) is 10.1. The summed E-state index contributed by atoms with van der Waals surface area (Å²) in [6.45, 7) is 8.76. The van der Waals surface area contributed by atoms with Gasteiger partial charge in [-0.05, 0) is 45.2 Å². The van der Waals surface area contributed by atoms with Crippen molar-refractivity contribution in [1.29, 1.82) is 0 Å². The summed E-state index contributed by atoms with van der Waals surface area (Å²) in [6, 6.07) is 0.838. The summed E-state index contributed by atoms with van der Waals surface area (Å²) < 4.78 is 0. The van der Waals surface area contributed by atoms with Gasteiger partial charge in [-0.2, -0.15) is 0 Å². The zero-order valence-electron chi connectivity index (χ0n) is 8.97. The van der Waals surface area contributed by atoms with E-state index in [-0.39, 0.29) is 0 Å². The van der Waals surface area contributed by atoms with Crippen LogP contribution in [0.1, 0.15) is 45.4 Å². The minimum absolute atomic E-state index is 0.838. The van der Waals surface area contributed by atoms with E-state index >= 15 is 0 Å². The lowest BCUT2D eigenvalue weighted by Gasteiger charge is -2.26. The molecule has 0 aliphatic carbocycles. The van der Waals surface area contributed by atoms with E-state index in [4.69, 9.17) is 0 Å². The van der Waals surface area contributed by atoms with Gasteiger partial charge in [0.25, 0.3) is 0 Å². The van der Waals surface area contributed by atoms with Crippen molar-refractivity contribution < 1.29 is 0 Å². The van der Waals surface area contributed by atoms with Gasteiger partial charge in [0.05, 0.1) is 0 Å². The molecule has 1 aliphatic heterocycles. The Bertz CT molecular complexity index is 136. The van der Waals surface area contributed by atoms with E-state index in [2.05, 4.69) is 24.5 Å². The van der Waals surface area contributed by atoms with Crippen molar-refractivity contribution >= 4 is 0 Å². The smallest absolute Gasteiger partial charge is 0.00981 e. The normalized spacial score (nSPS) is 20.4. The maximum absolute atomic E-state index is 3.80. The molecule has 0 aromatic heterocycles.